The first kappa shape index (κ1) is 28.6. The first-order valence-corrected chi connectivity index (χ1v) is 14.8. The van der Waals surface area contributed by atoms with Crippen molar-refractivity contribution in [2.75, 3.05) is 0 Å². The maximum atomic E-state index is 13.4. The van der Waals surface area contributed by atoms with Gasteiger partial charge in [-0.3, -0.25) is 4.79 Å². The molecule has 41 heavy (non-hydrogen) atoms. The number of rotatable bonds is 12. The van der Waals surface area contributed by atoms with E-state index in [9.17, 15) is 24.6 Å². The second-order valence-electron chi connectivity index (χ2n) is 10.6. The molecule has 1 saturated carbocycles. The molecule has 1 aromatic heterocycles. The topological polar surface area (TPSA) is 116 Å². The van der Waals surface area contributed by atoms with E-state index in [-0.39, 0.29) is 30.5 Å². The molecule has 1 amide bonds. The lowest BCUT2D eigenvalue weighted by Crippen LogP contribution is -2.42. The summed E-state index contributed by atoms with van der Waals surface area (Å²) in [6.45, 7) is 2.41. The van der Waals surface area contributed by atoms with E-state index in [0.29, 0.717) is 12.8 Å². The molecule has 8 nitrogen and oxygen atoms in total. The molecule has 0 bridgehead atoms. The minimum absolute atomic E-state index is 0.0425. The van der Waals surface area contributed by atoms with Crippen LogP contribution >= 0.6 is 11.3 Å². The van der Waals surface area contributed by atoms with E-state index in [2.05, 4.69) is 5.43 Å². The van der Waals surface area contributed by atoms with E-state index in [1.807, 2.05) is 79.7 Å². The fourth-order valence-electron chi connectivity index (χ4n) is 5.39. The zero-order valence-corrected chi connectivity index (χ0v) is 23.7. The number of benzene rings is 2. The molecule has 9 heteroatoms. The van der Waals surface area contributed by atoms with Gasteiger partial charge in [0.15, 0.2) is 11.9 Å². The lowest BCUT2D eigenvalue weighted by Gasteiger charge is -2.31. The number of aliphatic hydroxyl groups excluding tert-OH is 1. The Morgan fingerprint density at radius 3 is 2.29 bits per heavy atom. The fraction of sp³-hybridized carbons (Fsp3) is 0.344. The number of ether oxygens (including phenoxy) is 1. The van der Waals surface area contributed by atoms with Crippen molar-refractivity contribution in [2.45, 2.75) is 57.7 Å². The molecule has 0 radical (unpaired) electrons. The number of amides is 1. The van der Waals surface area contributed by atoms with Gasteiger partial charge in [-0.05, 0) is 54.9 Å². The van der Waals surface area contributed by atoms with Gasteiger partial charge in [-0.25, -0.2) is 20.0 Å². The molecule has 3 unspecified atom stereocenters. The van der Waals surface area contributed by atoms with Crippen LogP contribution in [0.15, 0.2) is 84.1 Å². The predicted octanol–water partition coefficient (Wildman–Crippen LogP) is 6.00. The summed E-state index contributed by atoms with van der Waals surface area (Å²) in [6, 6.07) is 22.8. The normalized spacial score (nSPS) is 18.6. The Labute approximate surface area is 243 Å². The number of nitrogens with zero attached hydrogens (tertiary/aromatic N) is 1. The number of cyclic esters (lactones) is 1. The van der Waals surface area contributed by atoms with E-state index in [1.54, 1.807) is 0 Å². The largest absolute Gasteiger partial charge is 0.504 e. The van der Waals surface area contributed by atoms with Gasteiger partial charge in [0.1, 0.15) is 0 Å². The summed E-state index contributed by atoms with van der Waals surface area (Å²) in [7, 11) is 0. The number of hydrogen-bond acceptors (Lipinski definition) is 7. The predicted molar refractivity (Wildman–Crippen MR) is 155 cm³/mol. The van der Waals surface area contributed by atoms with Crippen molar-refractivity contribution in [3.05, 3.63) is 105 Å². The van der Waals surface area contributed by atoms with Crippen LogP contribution in [0.4, 0.5) is 4.79 Å². The van der Waals surface area contributed by atoms with Crippen LogP contribution in [0.5, 0.6) is 0 Å². The van der Waals surface area contributed by atoms with Crippen LogP contribution in [-0.2, 0) is 33.8 Å². The molecule has 2 aliphatic rings. The van der Waals surface area contributed by atoms with Crippen LogP contribution in [0, 0.1) is 11.8 Å². The molecule has 1 fully saturated rings. The Morgan fingerprint density at radius 2 is 1.68 bits per heavy atom. The molecule has 3 aromatic rings. The van der Waals surface area contributed by atoms with E-state index in [1.165, 1.54) is 11.3 Å². The third-order valence-electron chi connectivity index (χ3n) is 7.75. The van der Waals surface area contributed by atoms with Crippen LogP contribution in [0.25, 0.3) is 0 Å². The average Bonchev–Trinajstić information content (AvgIpc) is 3.71. The zero-order valence-electron chi connectivity index (χ0n) is 22.9. The van der Waals surface area contributed by atoms with Gasteiger partial charge in [0.25, 0.3) is 0 Å². The highest BCUT2D eigenvalue weighted by molar-refractivity contribution is 7.12. The van der Waals surface area contributed by atoms with Crippen LogP contribution in [-0.4, -0.2) is 39.2 Å². The number of thiophene rings is 1. The molecule has 3 N–H and O–H groups in total. The molecule has 3 atom stereocenters. The van der Waals surface area contributed by atoms with Crippen molar-refractivity contribution in [3.63, 3.8) is 0 Å². The van der Waals surface area contributed by atoms with Crippen molar-refractivity contribution in [1.82, 2.24) is 10.4 Å². The number of esters is 1. The number of carbonyl (C=O) groups is 3. The molecular weight excluding hydrogens is 540 g/mol. The Morgan fingerprint density at radius 1 is 1.02 bits per heavy atom. The number of aliphatic hydroxyl groups is 1. The smallest absolute Gasteiger partial charge is 0.422 e. The monoisotopic (exact) mass is 574 g/mol. The van der Waals surface area contributed by atoms with Crippen molar-refractivity contribution >= 4 is 29.2 Å². The van der Waals surface area contributed by atoms with E-state index >= 15 is 0 Å². The second-order valence-corrected chi connectivity index (χ2v) is 11.8. The number of nitrogens with one attached hydrogen (secondary N) is 1. The number of carboxylic acid groups (broad SMARTS) is 1. The summed E-state index contributed by atoms with van der Waals surface area (Å²) in [4.78, 5) is 40.3. The molecule has 1 aliphatic heterocycles. The highest BCUT2D eigenvalue weighted by Crippen LogP contribution is 2.50. The van der Waals surface area contributed by atoms with Gasteiger partial charge in [-0.2, -0.15) is 0 Å². The number of hydrazine groups is 1. The highest BCUT2D eigenvalue weighted by Gasteiger charge is 2.47. The van der Waals surface area contributed by atoms with Gasteiger partial charge in [-0.1, -0.05) is 67.6 Å². The number of Topliss-reactive ketones (excluding diaryl/α,β-unsaturated/α-hetero) is 1. The lowest BCUT2D eigenvalue weighted by atomic mass is 9.83. The number of ketones is 1. The van der Waals surface area contributed by atoms with Gasteiger partial charge in [-0.15, -0.1) is 11.3 Å². The minimum Gasteiger partial charge on any atom is -0.504 e. The Bertz CT molecular complexity index is 1420. The summed E-state index contributed by atoms with van der Waals surface area (Å²) in [5.74, 6) is -2.22. The minimum atomic E-state index is -1.09. The average molecular weight is 575 g/mol. The summed E-state index contributed by atoms with van der Waals surface area (Å²) in [5.41, 5.74) is 4.91. The third kappa shape index (κ3) is 6.69. The Hall–Kier alpha value is -3.95. The molecule has 2 heterocycles. The molecule has 2 aromatic carbocycles. The highest BCUT2D eigenvalue weighted by atomic mass is 32.1. The van der Waals surface area contributed by atoms with Gasteiger partial charge < -0.3 is 14.9 Å². The van der Waals surface area contributed by atoms with E-state index in [4.69, 9.17) is 4.74 Å². The first-order chi connectivity index (χ1) is 19.9. The zero-order chi connectivity index (χ0) is 28.9. The van der Waals surface area contributed by atoms with Gasteiger partial charge >= 0.3 is 12.1 Å². The SMILES string of the molecule is CCC(Cc1ccccc1)C1OC(=O)C(C(c2ccc(CNN(Cc3ccccc3)C(=O)O)s2)C2CC2)=C(O)C1=O. The van der Waals surface area contributed by atoms with Crippen LogP contribution in [0.1, 0.15) is 53.0 Å². The molecule has 214 valence electrons. The van der Waals surface area contributed by atoms with Gasteiger partial charge in [0, 0.05) is 28.1 Å². The number of hydrogen-bond donors (Lipinski definition) is 3. The van der Waals surface area contributed by atoms with Crippen molar-refractivity contribution < 1.29 is 29.3 Å². The summed E-state index contributed by atoms with van der Waals surface area (Å²) < 4.78 is 5.77. The molecular formula is C32H34N2O6S. The maximum Gasteiger partial charge on any atom is 0.422 e. The Kier molecular flexibility index (Phi) is 8.85. The quantitative estimate of drug-likeness (QED) is 0.179. The molecule has 1 aliphatic carbocycles. The van der Waals surface area contributed by atoms with Crippen molar-refractivity contribution in [2.24, 2.45) is 11.8 Å². The standard InChI is InChI=1S/C32H34N2O6S/c1-2-22(17-20-9-5-3-6-10-20)30-29(36)28(35)27(31(37)40-30)26(23-13-14-23)25-16-15-24(41-25)18-33-34(32(38)39)19-21-11-7-4-8-12-21/h3-12,15-16,22-23,26,30,33,35H,2,13-14,17-19H2,1H3,(H,38,39). The molecule has 0 spiro atoms. The molecule has 0 saturated heterocycles. The van der Waals surface area contributed by atoms with Crippen molar-refractivity contribution in [1.29, 1.82) is 0 Å². The summed E-state index contributed by atoms with van der Waals surface area (Å²) in [6.07, 6.45) is 0.833. The van der Waals surface area contributed by atoms with Crippen molar-refractivity contribution in [3.8, 4) is 0 Å². The third-order valence-corrected chi connectivity index (χ3v) is 8.91. The van der Waals surface area contributed by atoms with E-state index in [0.717, 1.165) is 38.7 Å². The van der Waals surface area contributed by atoms with E-state index < -0.39 is 35.6 Å². The maximum absolute atomic E-state index is 13.4. The van der Waals surface area contributed by atoms with Gasteiger partial charge in [0.05, 0.1) is 12.1 Å². The Balaban J connectivity index is 1.32. The number of carbonyl (C=O) groups excluding carboxylic acids is 2. The van der Waals surface area contributed by atoms with Gasteiger partial charge in [0.2, 0.25) is 5.78 Å². The first-order valence-electron chi connectivity index (χ1n) is 13.9. The fourth-order valence-corrected chi connectivity index (χ4v) is 6.54. The lowest BCUT2D eigenvalue weighted by molar-refractivity contribution is -0.158. The van der Waals surface area contributed by atoms with Crippen LogP contribution < -0.4 is 5.43 Å². The van der Waals surface area contributed by atoms with Crippen LogP contribution in [0.3, 0.4) is 0 Å². The summed E-state index contributed by atoms with van der Waals surface area (Å²) >= 11 is 1.44. The van der Waals surface area contributed by atoms with Crippen LogP contribution in [0.2, 0.25) is 0 Å². The summed E-state index contributed by atoms with van der Waals surface area (Å²) in [5, 5.41) is 21.9. The molecule has 5 rings (SSSR count). The second kappa shape index (κ2) is 12.7.